The molecule has 0 aliphatic carbocycles. The minimum atomic E-state index is -1.48. The first-order valence-electron chi connectivity index (χ1n) is 23.3. The molecule has 19 nitrogen and oxygen atoms in total. The first-order chi connectivity index (χ1) is 33.9. The van der Waals surface area contributed by atoms with Gasteiger partial charge in [0.05, 0.1) is 12.1 Å². The topological polar surface area (TPSA) is 229 Å². The minimum Gasteiger partial charge on any atom is -0.459 e. The zero-order valence-corrected chi connectivity index (χ0v) is 40.2. The van der Waals surface area contributed by atoms with Gasteiger partial charge in [0.15, 0.2) is 6.04 Å². The van der Waals surface area contributed by atoms with Crippen LogP contribution >= 0.6 is 0 Å². The van der Waals surface area contributed by atoms with E-state index in [1.165, 1.54) is 20.8 Å². The Bertz CT molecular complexity index is 2560. The van der Waals surface area contributed by atoms with Crippen LogP contribution in [0.15, 0.2) is 121 Å². The number of benzene rings is 4. The number of esters is 1. The van der Waals surface area contributed by atoms with E-state index in [0.29, 0.717) is 27.2 Å². The van der Waals surface area contributed by atoms with Crippen molar-refractivity contribution in [3.05, 3.63) is 144 Å². The van der Waals surface area contributed by atoms with Crippen LogP contribution in [0.5, 0.6) is 0 Å². The molecule has 3 heterocycles. The summed E-state index contributed by atoms with van der Waals surface area (Å²) in [5.74, 6) is -3.54. The molecule has 374 valence electrons. The number of rotatable bonds is 17. The molecule has 71 heavy (non-hydrogen) atoms. The second-order valence-electron chi connectivity index (χ2n) is 18.5. The van der Waals surface area contributed by atoms with Crippen molar-refractivity contribution in [3.63, 3.8) is 0 Å². The molecule has 3 saturated heterocycles. The Labute approximate surface area is 411 Å². The molecule has 4 aromatic carbocycles. The molecule has 0 radical (unpaired) electrons. The third-order valence-corrected chi connectivity index (χ3v) is 12.0. The van der Waals surface area contributed by atoms with Crippen LogP contribution in [0.25, 0.3) is 0 Å². The molecular formula is C52H58N6O13. The first-order valence-corrected chi connectivity index (χ1v) is 23.3. The molecule has 9 atom stereocenters. The summed E-state index contributed by atoms with van der Waals surface area (Å²) in [5.41, 5.74) is 1.65. The fraction of sp³-hybridized carbons (Fsp3) is 0.385. The largest absolute Gasteiger partial charge is 0.459 e. The lowest BCUT2D eigenvalue weighted by atomic mass is 10.0. The number of cyclic esters (lactones) is 3. The zero-order valence-electron chi connectivity index (χ0n) is 40.2. The van der Waals surface area contributed by atoms with Crippen molar-refractivity contribution in [2.24, 2.45) is 0 Å². The maximum Gasteiger partial charge on any atom is 0.418 e. The van der Waals surface area contributed by atoms with E-state index in [2.05, 4.69) is 16.0 Å². The second-order valence-corrected chi connectivity index (χ2v) is 18.5. The van der Waals surface area contributed by atoms with Gasteiger partial charge in [-0.1, -0.05) is 121 Å². The third-order valence-electron chi connectivity index (χ3n) is 12.0. The molecule has 19 heteroatoms. The van der Waals surface area contributed by atoms with Crippen LogP contribution in [-0.4, -0.2) is 123 Å². The Balaban J connectivity index is 1.19. The summed E-state index contributed by atoms with van der Waals surface area (Å²) in [6, 6.07) is 29.6. The van der Waals surface area contributed by atoms with Gasteiger partial charge in [0, 0.05) is 6.42 Å². The Hall–Kier alpha value is -7.64. The van der Waals surface area contributed by atoms with Crippen molar-refractivity contribution >= 4 is 48.1 Å². The molecule has 0 unspecified atom stereocenters. The molecule has 7 rings (SSSR count). The van der Waals surface area contributed by atoms with Crippen LogP contribution in [0.4, 0.5) is 19.2 Å². The summed E-state index contributed by atoms with van der Waals surface area (Å²) < 4.78 is 27.7. The van der Waals surface area contributed by atoms with Gasteiger partial charge in [-0.05, 0) is 76.6 Å². The third kappa shape index (κ3) is 12.6. The van der Waals surface area contributed by atoms with Crippen LogP contribution < -0.4 is 16.0 Å². The average molecular weight is 975 g/mol. The molecule has 7 amide bonds. The summed E-state index contributed by atoms with van der Waals surface area (Å²) in [4.78, 5) is 115. The van der Waals surface area contributed by atoms with E-state index in [0.717, 1.165) is 9.80 Å². The van der Waals surface area contributed by atoms with Gasteiger partial charge in [-0.25, -0.2) is 38.7 Å². The summed E-state index contributed by atoms with van der Waals surface area (Å²) in [7, 11) is 0. The van der Waals surface area contributed by atoms with E-state index in [1.54, 1.807) is 142 Å². The van der Waals surface area contributed by atoms with Gasteiger partial charge in [-0.2, -0.15) is 0 Å². The summed E-state index contributed by atoms with van der Waals surface area (Å²) in [6.07, 6.45) is -10.3. The van der Waals surface area contributed by atoms with Gasteiger partial charge in [0.2, 0.25) is 5.91 Å². The lowest BCUT2D eigenvalue weighted by Crippen LogP contribution is -2.64. The SMILES string of the molecule is C[C@@H]1OC(=O)N(C(=O)[C@H](Cc2ccccc2)NC(=O)OC(C)(C)C)[C@H]1N[C@@H](Cc1ccccc1)C(=O)N1C(=O)O[C@@H](C)[C@@H]1N[C@@H](Cc1ccccc1)C(=O)N1C(=O)O[C@@H](C)[C@@H]1C(=O)OCc1ccccc1. The van der Waals surface area contributed by atoms with Gasteiger partial charge in [-0.3, -0.25) is 25.0 Å². The van der Waals surface area contributed by atoms with Crippen LogP contribution in [0.3, 0.4) is 0 Å². The normalized spacial score (nSPS) is 22.2. The maximum absolute atomic E-state index is 15.2. The monoisotopic (exact) mass is 974 g/mol. The predicted molar refractivity (Wildman–Crippen MR) is 253 cm³/mol. The minimum absolute atomic E-state index is 0.0480. The van der Waals surface area contributed by atoms with Crippen LogP contribution in [-0.2, 0) is 68.7 Å². The number of carbonyl (C=O) groups is 8. The van der Waals surface area contributed by atoms with Crippen LogP contribution in [0.1, 0.15) is 63.8 Å². The number of hydrogen-bond acceptors (Lipinski definition) is 15. The van der Waals surface area contributed by atoms with Crippen LogP contribution in [0, 0.1) is 0 Å². The second kappa shape index (κ2) is 22.4. The van der Waals surface area contributed by atoms with E-state index in [9.17, 15) is 33.6 Å². The number of carbonyl (C=O) groups excluding carboxylic acids is 8. The zero-order chi connectivity index (χ0) is 51.0. The van der Waals surface area contributed by atoms with Gasteiger partial charge >= 0.3 is 30.3 Å². The number of alkyl carbamates (subject to hydrolysis) is 1. The van der Waals surface area contributed by atoms with Crippen molar-refractivity contribution in [2.45, 2.75) is 128 Å². The number of imide groups is 3. The summed E-state index contributed by atoms with van der Waals surface area (Å²) in [5, 5.41) is 8.86. The van der Waals surface area contributed by atoms with Crippen LogP contribution in [0.2, 0.25) is 0 Å². The van der Waals surface area contributed by atoms with Crippen molar-refractivity contribution in [2.75, 3.05) is 0 Å². The average Bonchev–Trinajstić information content (AvgIpc) is 3.91. The number of ether oxygens (including phenoxy) is 5. The highest BCUT2D eigenvalue weighted by atomic mass is 16.6. The van der Waals surface area contributed by atoms with Gasteiger partial charge in [-0.15, -0.1) is 0 Å². The molecule has 3 fully saturated rings. The molecule has 0 bridgehead atoms. The smallest absolute Gasteiger partial charge is 0.418 e. The lowest BCUT2D eigenvalue weighted by Gasteiger charge is -2.34. The van der Waals surface area contributed by atoms with Crippen molar-refractivity contribution in [3.8, 4) is 0 Å². The lowest BCUT2D eigenvalue weighted by molar-refractivity contribution is -0.154. The molecule has 0 saturated carbocycles. The Morgan fingerprint density at radius 3 is 1.30 bits per heavy atom. The van der Waals surface area contributed by atoms with E-state index in [1.807, 2.05) is 0 Å². The van der Waals surface area contributed by atoms with E-state index in [4.69, 9.17) is 23.7 Å². The number of nitrogens with zero attached hydrogens (tertiary/aromatic N) is 3. The number of nitrogens with one attached hydrogen (secondary N) is 3. The fourth-order valence-electron chi connectivity index (χ4n) is 8.57. The Morgan fingerprint density at radius 1 is 0.521 bits per heavy atom. The summed E-state index contributed by atoms with van der Waals surface area (Å²) >= 11 is 0. The standard InChI is InChI=1S/C52H58N6O13/c1-31-41(47(62)67-30-37-25-17-10-18-26-37)56(49(64)68-31)44(59)38(27-34-19-11-7-12-20-34)53-42-32(2)69-50(65)57(42)45(60)39(28-35-21-13-8-14-22-35)54-43-33(3)70-51(66)58(43)46(61)40(29-36-23-15-9-16-24-36)55-48(63)71-52(4,5)6/h7-26,31-33,38-43,53-54H,27-30H2,1-6H3,(H,55,63)/t31-,32-,33-,38-,39-,40-,41+,42+,43+/m0/s1. The molecule has 3 aliphatic rings. The highest BCUT2D eigenvalue weighted by molar-refractivity contribution is 6.02. The quantitative estimate of drug-likeness (QED) is 0.0890. The molecule has 3 N–H and O–H groups in total. The van der Waals surface area contributed by atoms with E-state index >= 15 is 4.79 Å². The van der Waals surface area contributed by atoms with Gasteiger partial charge in [0.1, 0.15) is 48.9 Å². The summed E-state index contributed by atoms with van der Waals surface area (Å²) in [6.45, 7) is 9.34. The Morgan fingerprint density at radius 2 is 0.873 bits per heavy atom. The highest BCUT2D eigenvalue weighted by Crippen LogP contribution is 2.28. The molecular weight excluding hydrogens is 917 g/mol. The van der Waals surface area contributed by atoms with E-state index < -0.39 is 108 Å². The number of amides is 7. The maximum atomic E-state index is 15.2. The van der Waals surface area contributed by atoms with E-state index in [-0.39, 0.29) is 25.9 Å². The molecule has 0 aromatic heterocycles. The predicted octanol–water partition coefficient (Wildman–Crippen LogP) is 5.39. The van der Waals surface area contributed by atoms with Gasteiger partial charge in [0.25, 0.3) is 11.8 Å². The number of hydrogen-bond donors (Lipinski definition) is 3. The van der Waals surface area contributed by atoms with Crippen molar-refractivity contribution in [1.29, 1.82) is 0 Å². The molecule has 4 aromatic rings. The Kier molecular flexibility index (Phi) is 16.2. The first kappa shape index (κ1) is 51.2. The van der Waals surface area contributed by atoms with Crippen molar-refractivity contribution in [1.82, 2.24) is 30.7 Å². The van der Waals surface area contributed by atoms with Crippen molar-refractivity contribution < 1.29 is 62.0 Å². The highest BCUT2D eigenvalue weighted by Gasteiger charge is 2.53. The molecule has 0 spiro atoms. The van der Waals surface area contributed by atoms with Gasteiger partial charge < -0.3 is 29.0 Å². The molecule has 3 aliphatic heterocycles. The fourth-order valence-corrected chi connectivity index (χ4v) is 8.57.